The van der Waals surface area contributed by atoms with Gasteiger partial charge in [-0.05, 0) is 49.0 Å². The lowest BCUT2D eigenvalue weighted by Gasteiger charge is -2.17. The normalized spacial score (nSPS) is 13.7. The van der Waals surface area contributed by atoms with Crippen LogP contribution < -0.4 is 10.1 Å². The Kier molecular flexibility index (Phi) is 5.96. The van der Waals surface area contributed by atoms with Crippen molar-refractivity contribution in [2.45, 2.75) is 10.9 Å². The van der Waals surface area contributed by atoms with Gasteiger partial charge in [-0.25, -0.2) is 0 Å². The van der Waals surface area contributed by atoms with Gasteiger partial charge in [0.15, 0.2) is 0 Å². The van der Waals surface area contributed by atoms with Gasteiger partial charge in [0.1, 0.15) is 5.75 Å². The summed E-state index contributed by atoms with van der Waals surface area (Å²) in [5, 5.41) is 3.22. The summed E-state index contributed by atoms with van der Waals surface area (Å²) in [7, 11) is 2.47. The van der Waals surface area contributed by atoms with Crippen molar-refractivity contribution in [2.75, 3.05) is 19.9 Å². The Bertz CT molecular complexity index is 616. The van der Waals surface area contributed by atoms with Crippen molar-refractivity contribution in [3.05, 3.63) is 58.6 Å². The summed E-state index contributed by atoms with van der Waals surface area (Å²) in [6, 6.07) is 15.5. The van der Waals surface area contributed by atoms with E-state index in [9.17, 15) is 4.21 Å². The molecule has 0 amide bonds. The molecule has 2 rings (SSSR count). The highest BCUT2D eigenvalue weighted by molar-refractivity contribution is 9.10. The first kappa shape index (κ1) is 16.2. The molecule has 0 aliphatic rings. The second-order valence-corrected chi connectivity index (χ2v) is 7.00. The molecule has 0 saturated carbocycles. The minimum atomic E-state index is -1.05. The monoisotopic (exact) mass is 367 g/mol. The summed E-state index contributed by atoms with van der Waals surface area (Å²) in [4.78, 5) is 0.835. The van der Waals surface area contributed by atoms with E-state index >= 15 is 0 Å². The molecule has 5 heteroatoms. The lowest BCUT2D eigenvalue weighted by Crippen LogP contribution is -2.22. The van der Waals surface area contributed by atoms with Crippen molar-refractivity contribution in [2.24, 2.45) is 0 Å². The van der Waals surface area contributed by atoms with Crippen LogP contribution in [0.25, 0.3) is 0 Å². The number of methoxy groups -OCH3 is 1. The van der Waals surface area contributed by atoms with Gasteiger partial charge in [0, 0.05) is 21.2 Å². The highest BCUT2D eigenvalue weighted by Crippen LogP contribution is 2.22. The Balaban J connectivity index is 2.14. The molecule has 0 aliphatic carbocycles. The summed E-state index contributed by atoms with van der Waals surface area (Å²) in [5.41, 5.74) is 1.07. The number of benzene rings is 2. The smallest absolute Gasteiger partial charge is 0.119 e. The van der Waals surface area contributed by atoms with E-state index in [1.807, 2.05) is 55.6 Å². The Labute approximate surface area is 136 Å². The lowest BCUT2D eigenvalue weighted by molar-refractivity contribution is 0.413. The van der Waals surface area contributed by atoms with Crippen LogP contribution in [0.15, 0.2) is 57.9 Å². The highest BCUT2D eigenvalue weighted by atomic mass is 79.9. The maximum Gasteiger partial charge on any atom is 0.119 e. The molecule has 112 valence electrons. The molecule has 3 nitrogen and oxygen atoms in total. The van der Waals surface area contributed by atoms with Crippen molar-refractivity contribution in [3.8, 4) is 5.75 Å². The molecule has 1 N–H and O–H groups in total. The molecule has 0 heterocycles. The molecule has 0 saturated heterocycles. The molecule has 21 heavy (non-hydrogen) atoms. The first-order valence-electron chi connectivity index (χ1n) is 6.59. The molecular weight excluding hydrogens is 350 g/mol. The van der Waals surface area contributed by atoms with Gasteiger partial charge in [0.2, 0.25) is 0 Å². The minimum absolute atomic E-state index is 0.0181. The quantitative estimate of drug-likeness (QED) is 0.848. The molecule has 0 radical (unpaired) electrons. The molecule has 0 aliphatic heterocycles. The maximum absolute atomic E-state index is 12.5. The van der Waals surface area contributed by atoms with E-state index in [1.54, 1.807) is 7.11 Å². The Morgan fingerprint density at radius 1 is 1.24 bits per heavy atom. The number of ether oxygens (including phenoxy) is 1. The van der Waals surface area contributed by atoms with Gasteiger partial charge in [-0.15, -0.1) is 0 Å². The number of hydrogen-bond donors (Lipinski definition) is 1. The zero-order chi connectivity index (χ0) is 15.2. The Morgan fingerprint density at radius 3 is 2.57 bits per heavy atom. The Hall–Kier alpha value is -1.17. The third kappa shape index (κ3) is 4.40. The van der Waals surface area contributed by atoms with E-state index in [0.29, 0.717) is 5.75 Å². The van der Waals surface area contributed by atoms with Crippen LogP contribution in [0.5, 0.6) is 5.75 Å². The van der Waals surface area contributed by atoms with Crippen LogP contribution in [0.4, 0.5) is 0 Å². The summed E-state index contributed by atoms with van der Waals surface area (Å²) in [6.07, 6.45) is 0. The van der Waals surface area contributed by atoms with E-state index < -0.39 is 10.8 Å². The lowest BCUT2D eigenvalue weighted by atomic mass is 10.1. The van der Waals surface area contributed by atoms with Gasteiger partial charge in [-0.2, -0.15) is 0 Å². The molecule has 2 aromatic carbocycles. The number of nitrogens with one attached hydrogen (secondary N) is 1. The van der Waals surface area contributed by atoms with E-state index in [0.717, 1.165) is 20.7 Å². The maximum atomic E-state index is 12.5. The summed E-state index contributed by atoms with van der Waals surface area (Å²) < 4.78 is 18.7. The third-order valence-corrected chi connectivity index (χ3v) is 5.20. The standard InChI is InChI=1S/C16H18BrNO2S/c1-18-16(12-4-3-5-14(10-12)20-2)11-21(19)15-8-6-13(17)7-9-15/h3-10,16,18H,11H2,1-2H3. The van der Waals surface area contributed by atoms with Gasteiger partial charge < -0.3 is 10.1 Å². The molecule has 0 aromatic heterocycles. The zero-order valence-electron chi connectivity index (χ0n) is 12.0. The van der Waals surface area contributed by atoms with Crippen molar-refractivity contribution in [3.63, 3.8) is 0 Å². The van der Waals surface area contributed by atoms with Crippen LogP contribution in [0, 0.1) is 0 Å². The fourth-order valence-electron chi connectivity index (χ4n) is 2.04. The topological polar surface area (TPSA) is 38.3 Å². The summed E-state index contributed by atoms with van der Waals surface area (Å²) in [5.74, 6) is 1.33. The summed E-state index contributed by atoms with van der Waals surface area (Å²) in [6.45, 7) is 0. The fraction of sp³-hybridized carbons (Fsp3) is 0.250. The molecular formula is C16H18BrNO2S. The van der Waals surface area contributed by atoms with Gasteiger partial charge in [-0.3, -0.25) is 4.21 Å². The number of halogens is 1. The average Bonchev–Trinajstić information content (AvgIpc) is 2.53. The molecule has 0 fully saturated rings. The van der Waals surface area contributed by atoms with E-state index in [1.165, 1.54) is 0 Å². The van der Waals surface area contributed by atoms with Crippen LogP contribution in [0.3, 0.4) is 0 Å². The van der Waals surface area contributed by atoms with Gasteiger partial charge in [0.05, 0.1) is 17.9 Å². The van der Waals surface area contributed by atoms with Crippen LogP contribution in [0.1, 0.15) is 11.6 Å². The predicted octanol–water partition coefficient (Wildman–Crippen LogP) is 3.53. The van der Waals surface area contributed by atoms with Crippen LogP contribution in [-0.2, 0) is 10.8 Å². The fourth-order valence-corrected chi connectivity index (χ4v) is 3.60. The second-order valence-electron chi connectivity index (χ2n) is 4.58. The van der Waals surface area contributed by atoms with Crippen LogP contribution in [0.2, 0.25) is 0 Å². The van der Waals surface area contributed by atoms with E-state index in [4.69, 9.17) is 4.74 Å². The van der Waals surface area contributed by atoms with Crippen molar-refractivity contribution in [1.82, 2.24) is 5.32 Å². The largest absolute Gasteiger partial charge is 0.497 e. The summed E-state index contributed by atoms with van der Waals surface area (Å²) >= 11 is 3.39. The minimum Gasteiger partial charge on any atom is -0.497 e. The van der Waals surface area contributed by atoms with Crippen LogP contribution >= 0.6 is 15.9 Å². The first-order valence-corrected chi connectivity index (χ1v) is 8.70. The highest BCUT2D eigenvalue weighted by Gasteiger charge is 2.15. The molecule has 0 bridgehead atoms. The van der Waals surface area contributed by atoms with Crippen molar-refractivity contribution < 1.29 is 8.95 Å². The van der Waals surface area contributed by atoms with Gasteiger partial charge in [0.25, 0.3) is 0 Å². The first-order chi connectivity index (χ1) is 10.1. The van der Waals surface area contributed by atoms with Crippen LogP contribution in [-0.4, -0.2) is 24.1 Å². The molecule has 2 aromatic rings. The predicted molar refractivity (Wildman–Crippen MR) is 90.2 cm³/mol. The van der Waals surface area contributed by atoms with Crippen molar-refractivity contribution >= 4 is 26.7 Å². The second kappa shape index (κ2) is 7.73. The molecule has 2 unspecified atom stereocenters. The van der Waals surface area contributed by atoms with Crippen molar-refractivity contribution in [1.29, 1.82) is 0 Å². The van der Waals surface area contributed by atoms with Gasteiger partial charge >= 0.3 is 0 Å². The third-order valence-electron chi connectivity index (χ3n) is 3.24. The van der Waals surface area contributed by atoms with E-state index in [2.05, 4.69) is 21.2 Å². The Morgan fingerprint density at radius 2 is 1.95 bits per heavy atom. The molecule has 2 atom stereocenters. The average molecular weight is 368 g/mol. The molecule has 0 spiro atoms. The van der Waals surface area contributed by atoms with Gasteiger partial charge in [-0.1, -0.05) is 28.1 Å². The zero-order valence-corrected chi connectivity index (χ0v) is 14.4. The number of hydrogen-bond acceptors (Lipinski definition) is 3. The van der Waals surface area contributed by atoms with E-state index in [-0.39, 0.29) is 6.04 Å². The number of rotatable bonds is 6. The SMILES string of the molecule is CNC(CS(=O)c1ccc(Br)cc1)c1cccc(OC)c1.